The Labute approximate surface area is 105 Å². The zero-order valence-electron chi connectivity index (χ0n) is 9.79. The molecule has 0 bridgehead atoms. The minimum absolute atomic E-state index is 0.0774. The summed E-state index contributed by atoms with van der Waals surface area (Å²) in [4.78, 5) is 19.4. The predicted octanol–water partition coefficient (Wildman–Crippen LogP) is 3.33. The molecule has 0 radical (unpaired) electrons. The number of H-pyrrole nitrogens is 1. The smallest absolute Gasteiger partial charge is 0.164 e. The normalized spacial score (nSPS) is 10.9. The molecule has 0 aliphatic heterocycles. The van der Waals surface area contributed by atoms with E-state index >= 15 is 0 Å². The molecule has 17 heavy (non-hydrogen) atoms. The third kappa shape index (κ3) is 2.67. The van der Waals surface area contributed by atoms with Crippen LogP contribution >= 0.6 is 11.6 Å². The second kappa shape index (κ2) is 5.32. The number of aromatic nitrogens is 2. The summed E-state index contributed by atoms with van der Waals surface area (Å²) in [5.74, 6) is 1.42. The molecule has 1 aromatic heterocycles. The van der Waals surface area contributed by atoms with Crippen LogP contribution in [0.4, 0.5) is 0 Å². The molecule has 0 amide bonds. The van der Waals surface area contributed by atoms with E-state index in [0.29, 0.717) is 17.9 Å². The van der Waals surface area contributed by atoms with Crippen molar-refractivity contribution < 1.29 is 4.79 Å². The van der Waals surface area contributed by atoms with Crippen molar-refractivity contribution in [1.82, 2.24) is 9.97 Å². The second-order valence-electron chi connectivity index (χ2n) is 4.03. The zero-order chi connectivity index (χ0) is 12.3. The Bertz CT molecular complexity index is 533. The third-order valence-corrected chi connectivity index (χ3v) is 2.85. The van der Waals surface area contributed by atoms with Gasteiger partial charge in [-0.3, -0.25) is 4.79 Å². The first kappa shape index (κ1) is 12.1. The SMILES string of the molecule is CCCc1nc2ccc(C(=O)CCCl)cc2[nH]1. The Balaban J connectivity index is 2.33. The van der Waals surface area contributed by atoms with Gasteiger partial charge in [-0.25, -0.2) is 4.98 Å². The number of nitrogens with one attached hydrogen (secondary N) is 1. The monoisotopic (exact) mass is 250 g/mol. The van der Waals surface area contributed by atoms with Crippen LogP contribution in [0.2, 0.25) is 0 Å². The van der Waals surface area contributed by atoms with Crippen molar-refractivity contribution in [3.63, 3.8) is 0 Å². The number of carbonyl (C=O) groups excluding carboxylic acids is 1. The average Bonchev–Trinajstić information content (AvgIpc) is 2.71. The highest BCUT2D eigenvalue weighted by atomic mass is 35.5. The van der Waals surface area contributed by atoms with Crippen LogP contribution in [0.25, 0.3) is 11.0 Å². The Kier molecular flexibility index (Phi) is 3.79. The van der Waals surface area contributed by atoms with Gasteiger partial charge >= 0.3 is 0 Å². The number of Topliss-reactive ketones (excluding diaryl/α,β-unsaturated/α-hetero) is 1. The van der Waals surface area contributed by atoms with E-state index in [1.54, 1.807) is 0 Å². The van der Waals surface area contributed by atoms with E-state index in [4.69, 9.17) is 11.6 Å². The minimum atomic E-state index is 0.0774. The van der Waals surface area contributed by atoms with E-state index in [0.717, 1.165) is 29.7 Å². The number of aromatic amines is 1. The standard InChI is InChI=1S/C13H15ClN2O/c1-2-3-13-15-10-5-4-9(8-11(10)16-13)12(17)6-7-14/h4-5,8H,2-3,6-7H2,1H3,(H,15,16). The van der Waals surface area contributed by atoms with Crippen LogP contribution in [0.5, 0.6) is 0 Å². The van der Waals surface area contributed by atoms with Crippen LogP contribution in [0, 0.1) is 0 Å². The van der Waals surface area contributed by atoms with Gasteiger partial charge in [0, 0.05) is 24.3 Å². The second-order valence-corrected chi connectivity index (χ2v) is 4.41. The van der Waals surface area contributed by atoms with E-state index in [9.17, 15) is 4.79 Å². The molecule has 0 aliphatic rings. The van der Waals surface area contributed by atoms with Crippen molar-refractivity contribution in [1.29, 1.82) is 0 Å². The lowest BCUT2D eigenvalue weighted by Crippen LogP contribution is -1.99. The fourth-order valence-electron chi connectivity index (χ4n) is 1.82. The van der Waals surface area contributed by atoms with Crippen LogP contribution in [0.3, 0.4) is 0 Å². The molecule has 1 heterocycles. The van der Waals surface area contributed by atoms with E-state index in [1.807, 2.05) is 18.2 Å². The van der Waals surface area contributed by atoms with Gasteiger partial charge in [0.25, 0.3) is 0 Å². The number of fused-ring (bicyclic) bond motifs is 1. The number of carbonyl (C=O) groups is 1. The maximum Gasteiger partial charge on any atom is 0.164 e. The first-order valence-corrected chi connectivity index (χ1v) is 6.36. The number of halogens is 1. The van der Waals surface area contributed by atoms with Crippen LogP contribution in [-0.4, -0.2) is 21.6 Å². The molecule has 0 fully saturated rings. The van der Waals surface area contributed by atoms with E-state index in [2.05, 4.69) is 16.9 Å². The summed E-state index contributed by atoms with van der Waals surface area (Å²) in [7, 11) is 0. The van der Waals surface area contributed by atoms with Crippen molar-refractivity contribution in [2.75, 3.05) is 5.88 Å². The Hall–Kier alpha value is -1.35. The van der Waals surface area contributed by atoms with E-state index in [-0.39, 0.29) is 5.78 Å². The average molecular weight is 251 g/mol. The molecular formula is C13H15ClN2O. The van der Waals surface area contributed by atoms with Gasteiger partial charge in [-0.15, -0.1) is 11.6 Å². The van der Waals surface area contributed by atoms with Gasteiger partial charge in [0.05, 0.1) is 11.0 Å². The summed E-state index contributed by atoms with van der Waals surface area (Å²) in [5.41, 5.74) is 2.54. The van der Waals surface area contributed by atoms with Gasteiger partial charge in [0.15, 0.2) is 5.78 Å². The first-order chi connectivity index (χ1) is 8.24. The highest BCUT2D eigenvalue weighted by Gasteiger charge is 2.08. The van der Waals surface area contributed by atoms with Gasteiger partial charge < -0.3 is 4.98 Å². The van der Waals surface area contributed by atoms with Gasteiger partial charge in [-0.1, -0.05) is 6.92 Å². The molecule has 0 aliphatic carbocycles. The Morgan fingerprint density at radius 1 is 1.47 bits per heavy atom. The number of benzene rings is 1. The number of hydrogen-bond donors (Lipinski definition) is 1. The lowest BCUT2D eigenvalue weighted by molar-refractivity contribution is 0.0989. The summed E-state index contributed by atoms with van der Waals surface area (Å²) in [5, 5.41) is 0. The number of ketones is 1. The molecule has 0 saturated heterocycles. The fourth-order valence-corrected chi connectivity index (χ4v) is 1.99. The molecule has 2 rings (SSSR count). The molecule has 0 spiro atoms. The van der Waals surface area contributed by atoms with Gasteiger partial charge in [0.1, 0.15) is 5.82 Å². The van der Waals surface area contributed by atoms with Crippen LogP contribution in [0.15, 0.2) is 18.2 Å². The van der Waals surface area contributed by atoms with Crippen molar-refractivity contribution in [2.45, 2.75) is 26.2 Å². The van der Waals surface area contributed by atoms with Crippen molar-refractivity contribution in [3.05, 3.63) is 29.6 Å². The molecule has 3 nitrogen and oxygen atoms in total. The molecule has 90 valence electrons. The molecule has 0 atom stereocenters. The maximum atomic E-state index is 11.7. The minimum Gasteiger partial charge on any atom is -0.342 e. The van der Waals surface area contributed by atoms with Crippen LogP contribution < -0.4 is 0 Å². The highest BCUT2D eigenvalue weighted by molar-refractivity contribution is 6.19. The number of hydrogen-bond acceptors (Lipinski definition) is 2. The molecule has 0 unspecified atom stereocenters. The Morgan fingerprint density at radius 2 is 2.29 bits per heavy atom. The maximum absolute atomic E-state index is 11.7. The lowest BCUT2D eigenvalue weighted by atomic mass is 10.1. The quantitative estimate of drug-likeness (QED) is 0.654. The number of rotatable bonds is 5. The largest absolute Gasteiger partial charge is 0.342 e. The number of nitrogens with zero attached hydrogens (tertiary/aromatic N) is 1. The molecule has 1 aromatic carbocycles. The predicted molar refractivity (Wildman–Crippen MR) is 69.8 cm³/mol. The fraction of sp³-hybridized carbons (Fsp3) is 0.385. The first-order valence-electron chi connectivity index (χ1n) is 5.82. The molecule has 4 heteroatoms. The van der Waals surface area contributed by atoms with Crippen molar-refractivity contribution in [2.24, 2.45) is 0 Å². The summed E-state index contributed by atoms with van der Waals surface area (Å²) in [6.45, 7) is 2.11. The number of imidazole rings is 1. The van der Waals surface area contributed by atoms with E-state index in [1.165, 1.54) is 0 Å². The summed E-state index contributed by atoms with van der Waals surface area (Å²) < 4.78 is 0. The number of alkyl halides is 1. The molecular weight excluding hydrogens is 236 g/mol. The zero-order valence-corrected chi connectivity index (χ0v) is 10.5. The van der Waals surface area contributed by atoms with Crippen LogP contribution in [0.1, 0.15) is 35.9 Å². The summed E-state index contributed by atoms with van der Waals surface area (Å²) in [6, 6.07) is 5.55. The summed E-state index contributed by atoms with van der Waals surface area (Å²) >= 11 is 5.57. The van der Waals surface area contributed by atoms with Gasteiger partial charge in [-0.05, 0) is 24.6 Å². The third-order valence-electron chi connectivity index (χ3n) is 2.66. The Morgan fingerprint density at radius 3 is 3.00 bits per heavy atom. The number of aryl methyl sites for hydroxylation is 1. The highest BCUT2D eigenvalue weighted by Crippen LogP contribution is 2.16. The lowest BCUT2D eigenvalue weighted by Gasteiger charge is -1.97. The van der Waals surface area contributed by atoms with Crippen molar-refractivity contribution >= 4 is 28.4 Å². The van der Waals surface area contributed by atoms with Crippen molar-refractivity contribution in [3.8, 4) is 0 Å². The van der Waals surface area contributed by atoms with E-state index < -0.39 is 0 Å². The van der Waals surface area contributed by atoms with Gasteiger partial charge in [0.2, 0.25) is 0 Å². The summed E-state index contributed by atoms with van der Waals surface area (Å²) in [6.07, 6.45) is 2.36. The van der Waals surface area contributed by atoms with Gasteiger partial charge in [-0.2, -0.15) is 0 Å². The van der Waals surface area contributed by atoms with Crippen LogP contribution in [-0.2, 0) is 6.42 Å². The molecule has 2 aromatic rings. The molecule has 0 saturated carbocycles. The molecule has 1 N–H and O–H groups in total. The topological polar surface area (TPSA) is 45.8 Å².